The summed E-state index contributed by atoms with van der Waals surface area (Å²) in [6.07, 6.45) is 0.943. The van der Waals surface area contributed by atoms with E-state index in [4.69, 9.17) is 4.52 Å². The van der Waals surface area contributed by atoms with E-state index in [9.17, 15) is 4.79 Å². The molecule has 2 N–H and O–H groups in total. The van der Waals surface area contributed by atoms with Crippen LogP contribution in [0.5, 0.6) is 0 Å². The molecule has 8 heteroatoms. The summed E-state index contributed by atoms with van der Waals surface area (Å²) < 4.78 is 5.37. The van der Waals surface area contributed by atoms with Gasteiger partial charge in [-0.25, -0.2) is 4.98 Å². The van der Waals surface area contributed by atoms with Crippen molar-refractivity contribution in [3.8, 4) is 11.3 Å². The van der Waals surface area contributed by atoms with Gasteiger partial charge in [-0.15, -0.1) is 23.7 Å². The van der Waals surface area contributed by atoms with Crippen molar-refractivity contribution in [3.05, 3.63) is 33.1 Å². The lowest BCUT2D eigenvalue weighted by Crippen LogP contribution is -2.36. The van der Waals surface area contributed by atoms with Crippen molar-refractivity contribution < 1.29 is 9.32 Å². The van der Waals surface area contributed by atoms with Gasteiger partial charge < -0.3 is 15.2 Å². The standard InChI is InChI=1S/C18H20N4O2S.ClH/c1-9-6-13(11(3)25-9)15-7-14(16-10(2)22-24-18(16)21-15)17(23)20-12-4-5-19-8-12;/h6-7,12,19H,4-5,8H2,1-3H3,(H,20,23);1H. The molecule has 0 aromatic carbocycles. The molecule has 4 rings (SSSR count). The van der Waals surface area contributed by atoms with Crippen LogP contribution in [0.4, 0.5) is 0 Å². The number of thiophene rings is 1. The van der Waals surface area contributed by atoms with Crippen LogP contribution < -0.4 is 10.6 Å². The van der Waals surface area contributed by atoms with Gasteiger partial charge in [-0.2, -0.15) is 0 Å². The maximum atomic E-state index is 12.9. The number of aryl methyl sites for hydroxylation is 3. The number of pyridine rings is 1. The summed E-state index contributed by atoms with van der Waals surface area (Å²) in [6.45, 7) is 7.70. The highest BCUT2D eigenvalue weighted by Crippen LogP contribution is 2.32. The molecule has 0 spiro atoms. The Morgan fingerprint density at radius 2 is 2.15 bits per heavy atom. The number of carbonyl (C=O) groups is 1. The van der Waals surface area contributed by atoms with Crippen LogP contribution in [0.1, 0.15) is 32.2 Å². The Hall–Kier alpha value is -1.96. The Labute approximate surface area is 161 Å². The zero-order valence-corrected chi connectivity index (χ0v) is 16.5. The third-order valence-electron chi connectivity index (χ3n) is 4.57. The Balaban J connectivity index is 0.00000196. The first kappa shape index (κ1) is 18.8. The number of nitrogens with one attached hydrogen (secondary N) is 2. The molecule has 0 aliphatic carbocycles. The SMILES string of the molecule is Cc1cc(-c2cc(C(=O)NC3CCNC3)c3c(C)noc3n2)c(C)s1.Cl. The van der Waals surface area contributed by atoms with E-state index in [1.807, 2.05) is 13.0 Å². The van der Waals surface area contributed by atoms with Crippen molar-refractivity contribution in [3.63, 3.8) is 0 Å². The summed E-state index contributed by atoms with van der Waals surface area (Å²) in [7, 11) is 0. The Morgan fingerprint density at radius 3 is 2.81 bits per heavy atom. The number of amides is 1. The second kappa shape index (κ2) is 7.34. The molecule has 1 unspecified atom stereocenters. The first-order valence-corrected chi connectivity index (χ1v) is 9.20. The van der Waals surface area contributed by atoms with E-state index in [-0.39, 0.29) is 24.4 Å². The van der Waals surface area contributed by atoms with Gasteiger partial charge in [-0.3, -0.25) is 4.79 Å². The molecule has 3 aromatic rings. The van der Waals surface area contributed by atoms with Gasteiger partial charge in [0.2, 0.25) is 0 Å². The lowest BCUT2D eigenvalue weighted by molar-refractivity contribution is 0.0941. The zero-order chi connectivity index (χ0) is 17.6. The van der Waals surface area contributed by atoms with Crippen molar-refractivity contribution in [2.24, 2.45) is 0 Å². The molecule has 3 aromatic heterocycles. The van der Waals surface area contributed by atoms with Gasteiger partial charge in [0.25, 0.3) is 11.6 Å². The van der Waals surface area contributed by atoms with E-state index in [2.05, 4.69) is 40.7 Å². The molecule has 1 aliphatic rings. The quantitative estimate of drug-likeness (QED) is 0.714. The maximum Gasteiger partial charge on any atom is 0.259 e. The van der Waals surface area contributed by atoms with Gasteiger partial charge in [0, 0.05) is 27.9 Å². The highest BCUT2D eigenvalue weighted by atomic mass is 35.5. The molecule has 1 atom stereocenters. The number of rotatable bonds is 3. The fraction of sp³-hybridized carbons (Fsp3) is 0.389. The molecule has 1 aliphatic heterocycles. The van der Waals surface area contributed by atoms with Crippen molar-refractivity contribution in [2.45, 2.75) is 33.2 Å². The van der Waals surface area contributed by atoms with E-state index in [0.29, 0.717) is 22.4 Å². The fourth-order valence-electron chi connectivity index (χ4n) is 3.34. The number of hydrogen-bond donors (Lipinski definition) is 2. The number of nitrogens with zero attached hydrogens (tertiary/aromatic N) is 2. The summed E-state index contributed by atoms with van der Waals surface area (Å²) in [6, 6.07) is 4.11. The normalized spacial score (nSPS) is 16.7. The molecule has 4 heterocycles. The molecule has 1 amide bonds. The Bertz CT molecular complexity index is 960. The second-order valence-corrected chi connectivity index (χ2v) is 7.95. The van der Waals surface area contributed by atoms with Crippen LogP contribution in [0.2, 0.25) is 0 Å². The van der Waals surface area contributed by atoms with E-state index in [0.717, 1.165) is 30.8 Å². The van der Waals surface area contributed by atoms with Crippen molar-refractivity contribution >= 4 is 40.8 Å². The minimum Gasteiger partial charge on any atom is -0.348 e. The number of aromatic nitrogens is 2. The van der Waals surface area contributed by atoms with Crippen LogP contribution in [0.3, 0.4) is 0 Å². The molecular weight excluding hydrogens is 372 g/mol. The molecule has 26 heavy (non-hydrogen) atoms. The Morgan fingerprint density at radius 1 is 1.35 bits per heavy atom. The highest BCUT2D eigenvalue weighted by molar-refractivity contribution is 7.12. The van der Waals surface area contributed by atoms with Crippen LogP contribution in [0.25, 0.3) is 22.4 Å². The molecule has 1 fully saturated rings. The van der Waals surface area contributed by atoms with Crippen LogP contribution in [0.15, 0.2) is 16.7 Å². The summed E-state index contributed by atoms with van der Waals surface area (Å²) in [4.78, 5) is 19.9. The number of hydrogen-bond acceptors (Lipinski definition) is 6. The zero-order valence-electron chi connectivity index (χ0n) is 14.9. The lowest BCUT2D eigenvalue weighted by Gasteiger charge is -2.12. The summed E-state index contributed by atoms with van der Waals surface area (Å²) in [5.41, 5.74) is 3.46. The Kier molecular flexibility index (Phi) is 5.32. The van der Waals surface area contributed by atoms with Crippen LogP contribution >= 0.6 is 23.7 Å². The maximum absolute atomic E-state index is 12.9. The summed E-state index contributed by atoms with van der Waals surface area (Å²) in [5.74, 6) is -0.0988. The molecule has 0 radical (unpaired) electrons. The number of carbonyl (C=O) groups excluding carboxylic acids is 1. The van der Waals surface area contributed by atoms with Gasteiger partial charge in [0.05, 0.1) is 22.3 Å². The van der Waals surface area contributed by atoms with Crippen molar-refractivity contribution in [2.75, 3.05) is 13.1 Å². The van der Waals surface area contributed by atoms with E-state index >= 15 is 0 Å². The number of halogens is 1. The van der Waals surface area contributed by atoms with Crippen molar-refractivity contribution in [1.82, 2.24) is 20.8 Å². The average Bonchev–Trinajstić information content (AvgIpc) is 3.28. The molecular formula is C18H21ClN4O2S. The third-order valence-corrected chi connectivity index (χ3v) is 5.54. The van der Waals surface area contributed by atoms with Gasteiger partial charge in [-0.1, -0.05) is 5.16 Å². The topological polar surface area (TPSA) is 80.0 Å². The van der Waals surface area contributed by atoms with E-state index < -0.39 is 0 Å². The molecule has 0 saturated carbocycles. The molecule has 6 nitrogen and oxygen atoms in total. The largest absolute Gasteiger partial charge is 0.348 e. The number of fused-ring (bicyclic) bond motifs is 1. The average molecular weight is 393 g/mol. The van der Waals surface area contributed by atoms with Gasteiger partial charge >= 0.3 is 0 Å². The van der Waals surface area contributed by atoms with E-state index in [1.165, 1.54) is 9.75 Å². The van der Waals surface area contributed by atoms with Gasteiger partial charge in [-0.05, 0) is 45.9 Å². The van der Waals surface area contributed by atoms with Crippen LogP contribution in [-0.2, 0) is 0 Å². The van der Waals surface area contributed by atoms with Gasteiger partial charge in [0.1, 0.15) is 0 Å². The van der Waals surface area contributed by atoms with Crippen LogP contribution in [0, 0.1) is 20.8 Å². The minimum absolute atomic E-state index is 0. The highest BCUT2D eigenvalue weighted by Gasteiger charge is 2.23. The predicted octanol–water partition coefficient (Wildman–Crippen LogP) is 3.39. The molecule has 138 valence electrons. The van der Waals surface area contributed by atoms with Crippen molar-refractivity contribution in [1.29, 1.82) is 0 Å². The third kappa shape index (κ3) is 3.34. The monoisotopic (exact) mass is 392 g/mol. The second-order valence-electron chi connectivity index (χ2n) is 6.49. The van der Waals surface area contributed by atoms with Gasteiger partial charge in [0.15, 0.2) is 0 Å². The van der Waals surface area contributed by atoms with E-state index in [1.54, 1.807) is 11.3 Å². The summed E-state index contributed by atoms with van der Waals surface area (Å²) >= 11 is 1.72. The first-order valence-electron chi connectivity index (χ1n) is 8.39. The molecule has 0 bridgehead atoms. The molecule has 1 saturated heterocycles. The predicted molar refractivity (Wildman–Crippen MR) is 105 cm³/mol. The first-order chi connectivity index (χ1) is 12.0. The smallest absolute Gasteiger partial charge is 0.259 e. The summed E-state index contributed by atoms with van der Waals surface area (Å²) in [5, 5.41) is 11.1. The van der Waals surface area contributed by atoms with Crippen LogP contribution in [-0.4, -0.2) is 35.2 Å². The minimum atomic E-state index is -0.0988. The lowest BCUT2D eigenvalue weighted by atomic mass is 10.0. The fourth-order valence-corrected chi connectivity index (χ4v) is 4.27.